The van der Waals surface area contributed by atoms with Crippen LogP contribution in [0.3, 0.4) is 0 Å². The number of rotatable bonds is 0. The van der Waals surface area contributed by atoms with Crippen LogP contribution in [0.25, 0.3) is 0 Å². The summed E-state index contributed by atoms with van der Waals surface area (Å²) in [5.74, 6) is 0. The smallest absolute Gasteiger partial charge is 0 e. The molecule has 1 radical (unpaired) electrons. The quantitative estimate of drug-likeness (QED) is 0.494. The zero-order valence-corrected chi connectivity index (χ0v) is 10.4. The molecular weight excluding hydrogens is 307 g/mol. The van der Waals surface area contributed by atoms with Crippen LogP contribution in [0, 0.1) is 0 Å². The van der Waals surface area contributed by atoms with Gasteiger partial charge < -0.3 is 0 Å². The monoisotopic (exact) mass is 307 g/mol. The van der Waals surface area contributed by atoms with Gasteiger partial charge in [0.15, 0.2) is 0 Å². The fourth-order valence-corrected chi connectivity index (χ4v) is 0. The third-order valence-electron chi connectivity index (χ3n) is 0. The summed E-state index contributed by atoms with van der Waals surface area (Å²) in [5.41, 5.74) is 0. The molecule has 0 aliphatic rings. The number of hydrogen-bond acceptors (Lipinski definition) is 0. The van der Waals surface area contributed by atoms with Crippen LogP contribution in [0.2, 0.25) is 0 Å². The molecule has 0 bridgehead atoms. The van der Waals surface area contributed by atoms with Gasteiger partial charge in [0.25, 0.3) is 0 Å². The molecule has 0 nitrogen and oxygen atoms in total. The second-order valence-electron chi connectivity index (χ2n) is 0. The molecule has 0 aromatic carbocycles. The van der Waals surface area contributed by atoms with Crippen LogP contribution in [0.5, 0.6) is 0 Å². The third kappa shape index (κ3) is 8.83. The normalized spacial score (nSPS) is 0. The van der Waals surface area contributed by atoms with Gasteiger partial charge in [-0.15, -0.1) is 0 Å². The van der Waals surface area contributed by atoms with Gasteiger partial charge in [0.05, 0.1) is 0 Å². The van der Waals surface area contributed by atoms with Gasteiger partial charge in [-0.2, -0.15) is 0 Å². The molecule has 4 heteroatoms. The van der Waals surface area contributed by atoms with E-state index in [2.05, 4.69) is 0 Å². The summed E-state index contributed by atoms with van der Waals surface area (Å²) in [6, 6.07) is 0. The largest absolute Gasteiger partial charge is 0 e. The molecule has 0 fully saturated rings. The predicted molar refractivity (Wildman–Crippen MR) is 9.94 cm³/mol. The van der Waals surface area contributed by atoms with Crippen LogP contribution in [-0.2, 0) is 58.3 Å². The van der Waals surface area contributed by atoms with Crippen LogP contribution < -0.4 is 0 Å². The Bertz CT molecular complexity index is 8.00. The summed E-state index contributed by atoms with van der Waals surface area (Å²) in [6.07, 6.45) is 0. The first-order valence-corrected chi connectivity index (χ1v) is 0. The molecule has 0 N–H and O–H groups in total. The van der Waals surface area contributed by atoms with Gasteiger partial charge in [0.2, 0.25) is 0 Å². The van der Waals surface area contributed by atoms with Crippen molar-refractivity contribution >= 4 is 18.0 Å². The van der Waals surface area contributed by atoms with Crippen molar-refractivity contribution in [2.75, 3.05) is 0 Å². The van der Waals surface area contributed by atoms with E-state index in [9.17, 15) is 0 Å². The predicted octanol–water partition coefficient (Wildman–Crippen LogP) is -1.19. The van der Waals surface area contributed by atoms with E-state index in [-0.39, 0.29) is 76.3 Å². The van der Waals surface area contributed by atoms with Crippen molar-refractivity contribution in [2.45, 2.75) is 0 Å². The van der Waals surface area contributed by atoms with Crippen LogP contribution in [0.15, 0.2) is 0 Å². The molecule has 0 rings (SSSR count). The van der Waals surface area contributed by atoms with Gasteiger partial charge in [0.1, 0.15) is 0 Å². The van der Waals surface area contributed by atoms with Crippen LogP contribution in [0.4, 0.5) is 0 Å². The number of hydrogen-bond donors (Lipinski definition) is 0. The van der Waals surface area contributed by atoms with Gasteiger partial charge in [-0.3, -0.25) is 0 Å². The topological polar surface area (TPSA) is 0 Å². The fraction of sp³-hybridized carbons (Fsp3) is 0. The van der Waals surface area contributed by atoms with Gasteiger partial charge in [-0.25, -0.2) is 0 Å². The Morgan fingerprint density at radius 2 is 1.00 bits per heavy atom. The molecule has 0 aromatic rings. The maximum atomic E-state index is 0. The zero-order valence-electron chi connectivity index (χ0n) is 2.03. The fourth-order valence-electron chi connectivity index (χ4n) is 0. The molecule has 0 heterocycles. The van der Waals surface area contributed by atoms with Crippen molar-refractivity contribution < 1.29 is 58.3 Å². The van der Waals surface area contributed by atoms with E-state index in [0.717, 1.165) is 0 Å². The van der Waals surface area contributed by atoms with Gasteiger partial charge in [-0.1, -0.05) is 0 Å². The molecule has 1 atom stereocenters. The minimum absolute atomic E-state index is 0. The van der Waals surface area contributed by atoms with Gasteiger partial charge >= 0.3 is 18.0 Å². The van der Waals surface area contributed by atoms with Crippen LogP contribution >= 0.6 is 0 Å². The van der Waals surface area contributed by atoms with Crippen molar-refractivity contribution in [3.8, 4) is 0 Å². The molecule has 4 heavy (non-hydrogen) atoms. The summed E-state index contributed by atoms with van der Waals surface area (Å²) < 4.78 is 0. The summed E-state index contributed by atoms with van der Waals surface area (Å²) in [6.45, 7) is 0. The third-order valence-corrected chi connectivity index (χ3v) is 0. The Kier molecular flexibility index (Phi) is 146. The summed E-state index contributed by atoms with van der Waals surface area (Å²) >= 11 is 0. The molecule has 0 saturated heterocycles. The Labute approximate surface area is 75.4 Å². The first-order valence-electron chi connectivity index (χ1n) is 0. The molecule has 0 aliphatic heterocycles. The maximum absolute atomic E-state index is 0. The van der Waals surface area contributed by atoms with Crippen LogP contribution in [0.1, 0.15) is 0 Å². The molecule has 0 saturated carbocycles. The standard InChI is InChI=1S/Ag.AsH3.Ni.Zn/h;1H3;;. The second kappa shape index (κ2) is 18.1. The molecule has 0 aliphatic carbocycles. The molecule has 0 aromatic heterocycles. The van der Waals surface area contributed by atoms with E-state index in [1.54, 1.807) is 0 Å². The van der Waals surface area contributed by atoms with Crippen molar-refractivity contribution in [2.24, 2.45) is 0 Å². The Morgan fingerprint density at radius 3 is 1.00 bits per heavy atom. The van der Waals surface area contributed by atoms with Crippen molar-refractivity contribution in [1.29, 1.82) is 0 Å². The molecule has 0 amide bonds. The Balaban J connectivity index is 0. The maximum Gasteiger partial charge on any atom is 0 e. The minimum atomic E-state index is 0. The molecule has 31 valence electrons. The summed E-state index contributed by atoms with van der Waals surface area (Å²) in [5, 5.41) is 0. The van der Waals surface area contributed by atoms with Crippen LogP contribution in [-0.4, -0.2) is 18.0 Å². The van der Waals surface area contributed by atoms with Crippen molar-refractivity contribution in [3.63, 3.8) is 0 Å². The van der Waals surface area contributed by atoms with Gasteiger partial charge in [0, 0.05) is 58.3 Å². The van der Waals surface area contributed by atoms with E-state index >= 15 is 0 Å². The SMILES string of the molecule is [Ag].[AsH3].[Ni].[Zn]. The van der Waals surface area contributed by atoms with E-state index in [0.29, 0.717) is 0 Å². The molecule has 1 unspecified atom stereocenters. The van der Waals surface area contributed by atoms with E-state index in [4.69, 9.17) is 0 Å². The summed E-state index contributed by atoms with van der Waals surface area (Å²) in [4.78, 5) is 0. The average Bonchev–Trinajstić information content (AvgIpc) is 0. The average molecular weight is 310 g/mol. The first-order chi connectivity index (χ1) is 0. The molecule has 0 spiro atoms. The Morgan fingerprint density at radius 1 is 1.00 bits per heavy atom. The van der Waals surface area contributed by atoms with E-state index < -0.39 is 0 Å². The molecular formula is H3AgAsNiZn. The Hall–Kier alpha value is 2.42. The van der Waals surface area contributed by atoms with Crippen molar-refractivity contribution in [3.05, 3.63) is 0 Å². The van der Waals surface area contributed by atoms with E-state index in [1.807, 2.05) is 0 Å². The zero-order chi connectivity index (χ0) is 0. The van der Waals surface area contributed by atoms with Crippen molar-refractivity contribution in [1.82, 2.24) is 0 Å². The second-order valence-corrected chi connectivity index (χ2v) is 0. The first kappa shape index (κ1) is 32.2. The minimum Gasteiger partial charge on any atom is 0 e. The summed E-state index contributed by atoms with van der Waals surface area (Å²) in [7, 11) is 0. The van der Waals surface area contributed by atoms with Gasteiger partial charge in [-0.05, 0) is 0 Å². The van der Waals surface area contributed by atoms with E-state index in [1.165, 1.54) is 0 Å².